The lowest BCUT2D eigenvalue weighted by molar-refractivity contribution is 0.126. The second kappa shape index (κ2) is 5.47. The zero-order chi connectivity index (χ0) is 14.1. The van der Waals surface area contributed by atoms with Crippen molar-refractivity contribution in [2.24, 2.45) is 0 Å². The predicted molar refractivity (Wildman–Crippen MR) is 79.8 cm³/mol. The third kappa shape index (κ3) is 3.22. The molecule has 0 radical (unpaired) electrons. The van der Waals surface area contributed by atoms with E-state index in [0.717, 1.165) is 24.9 Å². The number of nitrogens with one attached hydrogen (secondary N) is 2. The third-order valence-electron chi connectivity index (χ3n) is 4.49. The molecule has 1 spiro atoms. The summed E-state index contributed by atoms with van der Waals surface area (Å²) in [6.45, 7) is 0.915. The molecule has 0 bridgehead atoms. The van der Waals surface area contributed by atoms with Crippen LogP contribution in [0.2, 0.25) is 0 Å². The summed E-state index contributed by atoms with van der Waals surface area (Å²) in [5.74, 6) is 0.0742. The van der Waals surface area contributed by atoms with E-state index in [2.05, 4.69) is 10.0 Å². The molecular weight excluding hydrogens is 272 g/mol. The van der Waals surface area contributed by atoms with Crippen LogP contribution in [-0.4, -0.2) is 26.5 Å². The molecule has 1 aromatic carbocycles. The summed E-state index contributed by atoms with van der Waals surface area (Å²) in [5, 5.41) is 3.56. The molecule has 2 N–H and O–H groups in total. The van der Waals surface area contributed by atoms with Crippen molar-refractivity contribution in [3.63, 3.8) is 0 Å². The van der Waals surface area contributed by atoms with E-state index in [1.807, 2.05) is 30.3 Å². The second-order valence-corrected chi connectivity index (χ2v) is 7.87. The zero-order valence-electron chi connectivity index (χ0n) is 11.6. The molecule has 2 aliphatic rings. The van der Waals surface area contributed by atoms with E-state index in [-0.39, 0.29) is 17.3 Å². The lowest BCUT2D eigenvalue weighted by Crippen LogP contribution is -2.59. The van der Waals surface area contributed by atoms with Gasteiger partial charge in [-0.15, -0.1) is 0 Å². The van der Waals surface area contributed by atoms with Gasteiger partial charge >= 0.3 is 0 Å². The van der Waals surface area contributed by atoms with E-state index in [4.69, 9.17) is 0 Å². The van der Waals surface area contributed by atoms with E-state index in [1.54, 1.807) is 0 Å². The topological polar surface area (TPSA) is 58.2 Å². The minimum atomic E-state index is -3.25. The first-order valence-corrected chi connectivity index (χ1v) is 9.01. The van der Waals surface area contributed by atoms with E-state index in [0.29, 0.717) is 0 Å². The van der Waals surface area contributed by atoms with Gasteiger partial charge in [-0.3, -0.25) is 0 Å². The molecule has 2 fully saturated rings. The summed E-state index contributed by atoms with van der Waals surface area (Å²) >= 11 is 0. The van der Waals surface area contributed by atoms with Crippen LogP contribution in [0.15, 0.2) is 30.3 Å². The highest BCUT2D eigenvalue weighted by Crippen LogP contribution is 2.38. The fraction of sp³-hybridized carbons (Fsp3) is 0.600. The molecule has 1 saturated heterocycles. The molecule has 3 rings (SSSR count). The first kappa shape index (κ1) is 14.0. The standard InChI is InChI=1S/C15H22N2O2S/c18-20(19,12-13-5-2-1-3-6-13)17-14-7-10-16-15(11-14)8-4-9-15/h1-3,5-6,14,16-17H,4,7-12H2. The van der Waals surface area contributed by atoms with E-state index >= 15 is 0 Å². The van der Waals surface area contributed by atoms with Gasteiger partial charge in [0, 0.05) is 11.6 Å². The van der Waals surface area contributed by atoms with Crippen molar-refractivity contribution in [1.82, 2.24) is 10.0 Å². The highest BCUT2D eigenvalue weighted by Gasteiger charge is 2.41. The molecule has 0 amide bonds. The normalized spacial score (nSPS) is 25.3. The van der Waals surface area contributed by atoms with Crippen LogP contribution in [0.4, 0.5) is 0 Å². The number of hydrogen-bond donors (Lipinski definition) is 2. The number of sulfonamides is 1. The van der Waals surface area contributed by atoms with Gasteiger partial charge in [0.2, 0.25) is 10.0 Å². The van der Waals surface area contributed by atoms with Gasteiger partial charge in [0.05, 0.1) is 5.75 Å². The monoisotopic (exact) mass is 294 g/mol. The van der Waals surface area contributed by atoms with Gasteiger partial charge in [0.1, 0.15) is 0 Å². The van der Waals surface area contributed by atoms with Crippen molar-refractivity contribution in [2.75, 3.05) is 6.54 Å². The molecule has 110 valence electrons. The van der Waals surface area contributed by atoms with E-state index < -0.39 is 10.0 Å². The van der Waals surface area contributed by atoms with Crippen LogP contribution in [0.3, 0.4) is 0 Å². The van der Waals surface area contributed by atoms with Gasteiger partial charge in [-0.2, -0.15) is 0 Å². The van der Waals surface area contributed by atoms with E-state index in [9.17, 15) is 8.42 Å². The van der Waals surface area contributed by atoms with Crippen molar-refractivity contribution in [1.29, 1.82) is 0 Å². The van der Waals surface area contributed by atoms with Gasteiger partial charge in [-0.05, 0) is 44.2 Å². The molecule has 1 saturated carbocycles. The molecule has 4 nitrogen and oxygen atoms in total. The first-order valence-electron chi connectivity index (χ1n) is 7.36. The second-order valence-electron chi connectivity index (χ2n) is 6.11. The van der Waals surface area contributed by atoms with E-state index in [1.165, 1.54) is 19.3 Å². The van der Waals surface area contributed by atoms with Crippen LogP contribution in [0.25, 0.3) is 0 Å². The summed E-state index contributed by atoms with van der Waals surface area (Å²) in [4.78, 5) is 0. The molecular formula is C15H22N2O2S. The highest BCUT2D eigenvalue weighted by molar-refractivity contribution is 7.88. The smallest absolute Gasteiger partial charge is 0.216 e. The fourth-order valence-corrected chi connectivity index (χ4v) is 4.76. The maximum absolute atomic E-state index is 12.3. The molecule has 1 unspecified atom stereocenters. The Hall–Kier alpha value is -0.910. The average Bonchev–Trinajstić information content (AvgIpc) is 2.37. The minimum absolute atomic E-state index is 0.0742. The molecule has 0 aromatic heterocycles. The number of benzene rings is 1. The summed E-state index contributed by atoms with van der Waals surface area (Å²) in [6, 6.07) is 9.45. The molecule has 1 atom stereocenters. The Morgan fingerprint density at radius 2 is 2.00 bits per heavy atom. The molecule has 20 heavy (non-hydrogen) atoms. The van der Waals surface area contributed by atoms with Gasteiger partial charge in [0.25, 0.3) is 0 Å². The maximum Gasteiger partial charge on any atom is 0.216 e. The van der Waals surface area contributed by atoms with Crippen molar-refractivity contribution in [3.8, 4) is 0 Å². The van der Waals surface area contributed by atoms with Crippen LogP contribution in [0, 0.1) is 0 Å². The lowest BCUT2D eigenvalue weighted by atomic mass is 9.70. The number of piperidine rings is 1. The Bertz CT molecular complexity index is 552. The Morgan fingerprint density at radius 3 is 2.65 bits per heavy atom. The minimum Gasteiger partial charge on any atom is -0.311 e. The third-order valence-corrected chi connectivity index (χ3v) is 5.89. The summed E-state index contributed by atoms with van der Waals surface area (Å²) in [5.41, 5.74) is 1.06. The first-order chi connectivity index (χ1) is 9.57. The number of hydrogen-bond acceptors (Lipinski definition) is 3. The predicted octanol–water partition coefficient (Wildman–Crippen LogP) is 1.78. The van der Waals surface area contributed by atoms with Crippen LogP contribution >= 0.6 is 0 Å². The van der Waals surface area contributed by atoms with Crippen molar-refractivity contribution in [2.45, 2.75) is 49.4 Å². The van der Waals surface area contributed by atoms with Gasteiger partial charge in [-0.1, -0.05) is 30.3 Å². The number of rotatable bonds is 4. The fourth-order valence-electron chi connectivity index (χ4n) is 3.33. The largest absolute Gasteiger partial charge is 0.311 e. The molecule has 1 heterocycles. The van der Waals surface area contributed by atoms with Crippen molar-refractivity contribution < 1.29 is 8.42 Å². The van der Waals surface area contributed by atoms with Gasteiger partial charge in [0.15, 0.2) is 0 Å². The lowest BCUT2D eigenvalue weighted by Gasteiger charge is -2.48. The Balaban J connectivity index is 1.61. The highest BCUT2D eigenvalue weighted by atomic mass is 32.2. The molecule has 1 aliphatic heterocycles. The molecule has 5 heteroatoms. The zero-order valence-corrected chi connectivity index (χ0v) is 12.5. The van der Waals surface area contributed by atoms with Crippen molar-refractivity contribution >= 4 is 10.0 Å². The quantitative estimate of drug-likeness (QED) is 0.890. The molecule has 1 aliphatic carbocycles. The van der Waals surface area contributed by atoms with Gasteiger partial charge < -0.3 is 5.32 Å². The van der Waals surface area contributed by atoms with Crippen LogP contribution in [-0.2, 0) is 15.8 Å². The summed E-state index contributed by atoms with van der Waals surface area (Å²) in [7, 11) is -3.25. The van der Waals surface area contributed by atoms with Crippen LogP contribution in [0.1, 0.15) is 37.7 Å². The van der Waals surface area contributed by atoms with Crippen LogP contribution < -0.4 is 10.0 Å². The SMILES string of the molecule is O=S(=O)(Cc1ccccc1)NC1CCNC2(CCC2)C1. The Labute approximate surface area is 121 Å². The molecule has 1 aromatic rings. The Morgan fingerprint density at radius 1 is 1.25 bits per heavy atom. The van der Waals surface area contributed by atoms with Crippen LogP contribution in [0.5, 0.6) is 0 Å². The summed E-state index contributed by atoms with van der Waals surface area (Å²) < 4.78 is 27.4. The van der Waals surface area contributed by atoms with Gasteiger partial charge in [-0.25, -0.2) is 13.1 Å². The Kier molecular flexibility index (Phi) is 3.84. The maximum atomic E-state index is 12.3. The summed E-state index contributed by atoms with van der Waals surface area (Å²) in [6.07, 6.45) is 5.45. The van der Waals surface area contributed by atoms with Crippen molar-refractivity contribution in [3.05, 3.63) is 35.9 Å². The average molecular weight is 294 g/mol.